The predicted molar refractivity (Wildman–Crippen MR) is 128 cm³/mol. The van der Waals surface area contributed by atoms with E-state index in [2.05, 4.69) is 24.1 Å². The van der Waals surface area contributed by atoms with Gasteiger partial charge < -0.3 is 19.7 Å². The first kappa shape index (κ1) is 21.9. The summed E-state index contributed by atoms with van der Waals surface area (Å²) in [5.41, 5.74) is 3.16. The summed E-state index contributed by atoms with van der Waals surface area (Å²) in [5, 5.41) is 13.4. The van der Waals surface area contributed by atoms with Gasteiger partial charge in [-0.2, -0.15) is 0 Å². The SMILES string of the molecule is Cc1cc(C(C)Nc2ccccc2C(=O)O)c2oc(N3CCCC(C)(C)C3)cc(=O)c2c1. The van der Waals surface area contributed by atoms with Crippen LogP contribution in [0.25, 0.3) is 11.0 Å². The van der Waals surface area contributed by atoms with E-state index in [1.165, 1.54) is 0 Å². The van der Waals surface area contributed by atoms with Crippen LogP contribution in [0.4, 0.5) is 11.6 Å². The number of aromatic carboxylic acids is 1. The summed E-state index contributed by atoms with van der Waals surface area (Å²) in [6.45, 7) is 10.1. The Kier molecular flexibility index (Phi) is 5.71. The number of carbonyl (C=O) groups is 1. The number of para-hydroxylation sites is 1. The molecule has 2 N–H and O–H groups in total. The van der Waals surface area contributed by atoms with Crippen LogP contribution < -0.4 is 15.6 Å². The smallest absolute Gasteiger partial charge is 0.337 e. The molecular weight excluding hydrogens is 404 g/mol. The molecule has 1 aliphatic rings. The number of piperidine rings is 1. The van der Waals surface area contributed by atoms with Crippen molar-refractivity contribution >= 4 is 28.5 Å². The maximum atomic E-state index is 13.0. The number of fused-ring (bicyclic) bond motifs is 1. The van der Waals surface area contributed by atoms with Crippen LogP contribution in [-0.2, 0) is 0 Å². The van der Waals surface area contributed by atoms with Crippen LogP contribution in [0.5, 0.6) is 0 Å². The highest BCUT2D eigenvalue weighted by Crippen LogP contribution is 2.34. The van der Waals surface area contributed by atoms with Crippen LogP contribution in [0.2, 0.25) is 0 Å². The average Bonchev–Trinajstić information content (AvgIpc) is 2.73. The van der Waals surface area contributed by atoms with Crippen LogP contribution >= 0.6 is 0 Å². The van der Waals surface area contributed by atoms with E-state index >= 15 is 0 Å². The van der Waals surface area contributed by atoms with Crippen molar-refractivity contribution in [1.82, 2.24) is 0 Å². The fraction of sp³-hybridized carbons (Fsp3) is 0.385. The first-order valence-corrected chi connectivity index (χ1v) is 11.1. The zero-order valence-electron chi connectivity index (χ0n) is 19.1. The Morgan fingerprint density at radius 3 is 2.69 bits per heavy atom. The van der Waals surface area contributed by atoms with Gasteiger partial charge >= 0.3 is 5.97 Å². The molecule has 1 aromatic heterocycles. The Morgan fingerprint density at radius 2 is 1.97 bits per heavy atom. The lowest BCUT2D eigenvalue weighted by molar-refractivity contribution is 0.0698. The molecule has 2 aromatic carbocycles. The topological polar surface area (TPSA) is 82.8 Å². The van der Waals surface area contributed by atoms with Crippen molar-refractivity contribution in [1.29, 1.82) is 0 Å². The van der Waals surface area contributed by atoms with Crippen LogP contribution in [0, 0.1) is 12.3 Å². The molecule has 6 heteroatoms. The van der Waals surface area contributed by atoms with Crippen molar-refractivity contribution in [3.63, 3.8) is 0 Å². The minimum Gasteiger partial charge on any atom is -0.478 e. The molecule has 2 heterocycles. The highest BCUT2D eigenvalue weighted by atomic mass is 16.4. The third-order valence-electron chi connectivity index (χ3n) is 6.20. The molecule has 1 fully saturated rings. The van der Waals surface area contributed by atoms with E-state index in [-0.39, 0.29) is 22.4 Å². The maximum absolute atomic E-state index is 13.0. The van der Waals surface area contributed by atoms with E-state index in [0.717, 1.165) is 37.1 Å². The minimum atomic E-state index is -0.990. The lowest BCUT2D eigenvalue weighted by Crippen LogP contribution is -2.40. The predicted octanol–water partition coefficient (Wildman–Crippen LogP) is 5.60. The Morgan fingerprint density at radius 1 is 1.22 bits per heavy atom. The average molecular weight is 435 g/mol. The monoisotopic (exact) mass is 434 g/mol. The number of aryl methyl sites for hydroxylation is 1. The van der Waals surface area contributed by atoms with Crippen molar-refractivity contribution in [2.75, 3.05) is 23.3 Å². The normalized spacial score (nSPS) is 16.7. The second-order valence-corrected chi connectivity index (χ2v) is 9.59. The molecule has 1 unspecified atom stereocenters. The Labute approximate surface area is 187 Å². The van der Waals surface area contributed by atoms with Gasteiger partial charge in [-0.3, -0.25) is 4.79 Å². The fourth-order valence-corrected chi connectivity index (χ4v) is 4.62. The molecule has 6 nitrogen and oxygen atoms in total. The highest BCUT2D eigenvalue weighted by Gasteiger charge is 2.28. The molecule has 1 atom stereocenters. The van der Waals surface area contributed by atoms with Gasteiger partial charge in [0.1, 0.15) is 5.58 Å². The Bertz CT molecular complexity index is 1230. The molecule has 3 aromatic rings. The number of anilines is 2. The molecule has 32 heavy (non-hydrogen) atoms. The second kappa shape index (κ2) is 8.34. The molecule has 1 saturated heterocycles. The number of hydrogen-bond donors (Lipinski definition) is 2. The molecular formula is C26H30N2O4. The van der Waals surface area contributed by atoms with E-state index in [9.17, 15) is 14.7 Å². The summed E-state index contributed by atoms with van der Waals surface area (Å²) in [6.07, 6.45) is 2.20. The van der Waals surface area contributed by atoms with Gasteiger partial charge in [-0.1, -0.05) is 32.0 Å². The fourth-order valence-electron chi connectivity index (χ4n) is 4.62. The van der Waals surface area contributed by atoms with Crippen LogP contribution in [0.1, 0.15) is 61.1 Å². The van der Waals surface area contributed by atoms with Gasteiger partial charge in [0.05, 0.1) is 17.0 Å². The molecule has 0 radical (unpaired) electrons. The molecule has 1 aliphatic heterocycles. The van der Waals surface area contributed by atoms with Gasteiger partial charge in [0.2, 0.25) is 0 Å². The van der Waals surface area contributed by atoms with Crippen LogP contribution in [-0.4, -0.2) is 24.2 Å². The van der Waals surface area contributed by atoms with Gasteiger partial charge in [-0.05, 0) is 55.9 Å². The number of nitrogens with zero attached hydrogens (tertiary/aromatic N) is 1. The first-order valence-electron chi connectivity index (χ1n) is 11.1. The Hall–Kier alpha value is -3.28. The Balaban J connectivity index is 1.78. The highest BCUT2D eigenvalue weighted by molar-refractivity contribution is 5.94. The van der Waals surface area contributed by atoms with Gasteiger partial charge in [0, 0.05) is 30.4 Å². The zero-order valence-corrected chi connectivity index (χ0v) is 19.1. The third kappa shape index (κ3) is 4.35. The van der Waals surface area contributed by atoms with Gasteiger partial charge in [0.15, 0.2) is 11.3 Å². The minimum absolute atomic E-state index is 0.0623. The van der Waals surface area contributed by atoms with E-state index in [1.807, 2.05) is 26.0 Å². The first-order chi connectivity index (χ1) is 15.1. The standard InChI is InChI=1S/C26H30N2O4/c1-16-12-19(17(2)27-21-9-6-5-8-18(21)25(30)31)24-20(13-16)22(29)14-23(32-24)28-11-7-10-26(3,4)15-28/h5-6,8-9,12-14,17,27H,7,10-11,15H2,1-4H3,(H,30,31). The molecule has 0 spiro atoms. The molecule has 168 valence electrons. The van der Waals surface area contributed by atoms with Crippen molar-refractivity contribution in [2.24, 2.45) is 5.41 Å². The summed E-state index contributed by atoms with van der Waals surface area (Å²) in [6, 6.07) is 12.0. The van der Waals surface area contributed by atoms with Gasteiger partial charge in [0.25, 0.3) is 0 Å². The number of rotatable bonds is 5. The summed E-state index contributed by atoms with van der Waals surface area (Å²) in [4.78, 5) is 26.8. The number of carboxylic acid groups (broad SMARTS) is 1. The summed E-state index contributed by atoms with van der Waals surface area (Å²) in [5.74, 6) is -0.394. The summed E-state index contributed by atoms with van der Waals surface area (Å²) in [7, 11) is 0. The van der Waals surface area contributed by atoms with E-state index in [1.54, 1.807) is 30.3 Å². The van der Waals surface area contributed by atoms with Crippen molar-refractivity contribution < 1.29 is 14.3 Å². The molecule has 0 amide bonds. The number of hydrogen-bond acceptors (Lipinski definition) is 5. The number of carboxylic acids is 1. The van der Waals surface area contributed by atoms with E-state index in [0.29, 0.717) is 22.5 Å². The molecule has 0 bridgehead atoms. The lowest BCUT2D eigenvalue weighted by Gasteiger charge is -2.38. The maximum Gasteiger partial charge on any atom is 0.337 e. The quantitative estimate of drug-likeness (QED) is 0.544. The van der Waals surface area contributed by atoms with Gasteiger partial charge in [-0.15, -0.1) is 0 Å². The summed E-state index contributed by atoms with van der Waals surface area (Å²) >= 11 is 0. The second-order valence-electron chi connectivity index (χ2n) is 9.59. The lowest BCUT2D eigenvalue weighted by atomic mass is 9.84. The molecule has 4 rings (SSSR count). The number of benzene rings is 2. The molecule has 0 saturated carbocycles. The van der Waals surface area contributed by atoms with Crippen molar-refractivity contribution in [3.8, 4) is 0 Å². The largest absolute Gasteiger partial charge is 0.478 e. The van der Waals surface area contributed by atoms with Crippen molar-refractivity contribution in [3.05, 3.63) is 69.4 Å². The number of nitrogens with one attached hydrogen (secondary N) is 1. The van der Waals surface area contributed by atoms with Gasteiger partial charge in [-0.25, -0.2) is 4.79 Å². The molecule has 0 aliphatic carbocycles. The van der Waals surface area contributed by atoms with Crippen molar-refractivity contribution in [2.45, 2.75) is 46.6 Å². The van der Waals surface area contributed by atoms with Crippen LogP contribution in [0.15, 0.2) is 51.7 Å². The van der Waals surface area contributed by atoms with E-state index < -0.39 is 5.97 Å². The zero-order chi connectivity index (χ0) is 23.0. The third-order valence-corrected chi connectivity index (χ3v) is 6.20. The van der Waals surface area contributed by atoms with E-state index in [4.69, 9.17) is 4.42 Å². The van der Waals surface area contributed by atoms with Crippen LogP contribution in [0.3, 0.4) is 0 Å². The summed E-state index contributed by atoms with van der Waals surface area (Å²) < 4.78 is 6.37.